The maximum absolute atomic E-state index is 13.8. The van der Waals surface area contributed by atoms with Crippen LogP contribution in [0.25, 0.3) is 0 Å². The molecule has 0 aliphatic heterocycles. The molecule has 1 atom stereocenters. The molecule has 53 heavy (non-hydrogen) atoms. The molecule has 1 heterocycles. The number of benzene rings is 3. The number of carbonyl (C=O) groups is 4. The summed E-state index contributed by atoms with van der Waals surface area (Å²) in [5, 5.41) is 20.5. The smallest absolute Gasteiger partial charge is 0.422 e. The molecular weight excluding hydrogens is 733 g/mol. The summed E-state index contributed by atoms with van der Waals surface area (Å²) in [5.41, 5.74) is 0.487. The Balaban J connectivity index is 1.20. The van der Waals surface area contributed by atoms with Crippen molar-refractivity contribution in [2.75, 3.05) is 17.2 Å². The fraction of sp³-hybridized carbons (Fsp3) is 0.265. The van der Waals surface area contributed by atoms with Gasteiger partial charge in [0, 0.05) is 40.9 Å². The lowest BCUT2D eigenvalue weighted by molar-refractivity contribution is -0.154. The Labute approximate surface area is 302 Å². The first-order valence-corrected chi connectivity index (χ1v) is 16.1. The van der Waals surface area contributed by atoms with Crippen LogP contribution in [-0.2, 0) is 26.5 Å². The van der Waals surface area contributed by atoms with Crippen LogP contribution >= 0.6 is 11.6 Å². The number of halogens is 6. The van der Waals surface area contributed by atoms with Crippen LogP contribution in [0.4, 0.5) is 39.5 Å². The summed E-state index contributed by atoms with van der Waals surface area (Å²) in [7, 11) is 0. The zero-order valence-corrected chi connectivity index (χ0v) is 28.0. The number of anilines is 3. The molecule has 1 aliphatic carbocycles. The van der Waals surface area contributed by atoms with Gasteiger partial charge < -0.3 is 31.1 Å². The van der Waals surface area contributed by atoms with Crippen LogP contribution in [0.5, 0.6) is 6.01 Å². The van der Waals surface area contributed by atoms with Gasteiger partial charge in [-0.05, 0) is 67.3 Å². The molecule has 13 nitrogen and oxygen atoms in total. The normalized spacial score (nSPS) is 13.7. The van der Waals surface area contributed by atoms with Gasteiger partial charge in [0.25, 0.3) is 11.8 Å². The molecule has 1 fully saturated rings. The van der Waals surface area contributed by atoms with Crippen molar-refractivity contribution in [3.63, 3.8) is 0 Å². The van der Waals surface area contributed by atoms with E-state index in [1.165, 1.54) is 24.3 Å². The summed E-state index contributed by atoms with van der Waals surface area (Å²) >= 11 is 6.00. The first-order valence-electron chi connectivity index (χ1n) is 15.7. The number of aliphatic carboxylic acids is 1. The van der Waals surface area contributed by atoms with Gasteiger partial charge >= 0.3 is 18.2 Å². The average Bonchev–Trinajstić information content (AvgIpc) is 3.88. The Bertz CT molecular complexity index is 2000. The third-order valence-corrected chi connectivity index (χ3v) is 8.10. The molecule has 3 aromatic carbocycles. The van der Waals surface area contributed by atoms with Crippen molar-refractivity contribution in [1.82, 2.24) is 25.6 Å². The number of carbonyl (C=O) groups excluding carboxylic acids is 3. The number of ether oxygens (including phenoxy) is 1. The van der Waals surface area contributed by atoms with Crippen LogP contribution in [0.1, 0.15) is 47.2 Å². The van der Waals surface area contributed by atoms with Crippen LogP contribution in [0.3, 0.4) is 0 Å². The van der Waals surface area contributed by atoms with Gasteiger partial charge in [0.1, 0.15) is 17.7 Å². The highest BCUT2D eigenvalue weighted by molar-refractivity contribution is 6.36. The molecule has 1 aromatic heterocycles. The number of Topliss-reactive ketones (excluding diaryl/α,β-unsaturated/α-hetero) is 1. The van der Waals surface area contributed by atoms with Gasteiger partial charge in [-0.3, -0.25) is 14.4 Å². The number of carboxylic acids is 1. The van der Waals surface area contributed by atoms with E-state index in [1.807, 2.05) is 12.1 Å². The topological polar surface area (TPSA) is 185 Å². The second kappa shape index (κ2) is 16.2. The fourth-order valence-corrected chi connectivity index (χ4v) is 5.06. The predicted octanol–water partition coefficient (Wildman–Crippen LogP) is 5.44. The SMILES string of the molecule is O=C(CC[C@H](NC(=O)c1ccc(Nc2nc(NC3(c4ccc(Cl)cc4)CC3)nc(OCC(F)(F)F)n2)cc1)C(=O)O)C(=O)NCc1ccc(F)cc1F. The number of amides is 2. The van der Waals surface area contributed by atoms with Gasteiger partial charge in [0.05, 0.1) is 5.54 Å². The van der Waals surface area contributed by atoms with Gasteiger partial charge in [-0.1, -0.05) is 29.8 Å². The Hall–Kier alpha value is -5.91. The van der Waals surface area contributed by atoms with Gasteiger partial charge in [-0.15, -0.1) is 0 Å². The number of alkyl halides is 3. The molecule has 2 amide bonds. The average molecular weight is 762 g/mol. The Morgan fingerprint density at radius 1 is 0.925 bits per heavy atom. The van der Waals surface area contributed by atoms with Gasteiger partial charge in [-0.25, -0.2) is 13.6 Å². The van der Waals surface area contributed by atoms with E-state index in [1.54, 1.807) is 12.1 Å². The highest BCUT2D eigenvalue weighted by Gasteiger charge is 2.45. The highest BCUT2D eigenvalue weighted by atomic mass is 35.5. The summed E-state index contributed by atoms with van der Waals surface area (Å²) in [4.78, 5) is 61.3. The Morgan fingerprint density at radius 3 is 2.23 bits per heavy atom. The predicted molar refractivity (Wildman–Crippen MR) is 178 cm³/mol. The maximum Gasteiger partial charge on any atom is 0.422 e. The zero-order chi connectivity index (χ0) is 38.3. The number of carboxylic acid groups (broad SMARTS) is 1. The van der Waals surface area contributed by atoms with E-state index in [9.17, 15) is 46.2 Å². The molecule has 4 aromatic rings. The van der Waals surface area contributed by atoms with E-state index in [0.717, 1.165) is 17.7 Å². The fourth-order valence-electron chi connectivity index (χ4n) is 4.93. The van der Waals surface area contributed by atoms with Crippen molar-refractivity contribution in [2.45, 2.75) is 50.0 Å². The number of ketones is 1. The molecule has 0 spiro atoms. The zero-order valence-electron chi connectivity index (χ0n) is 27.3. The summed E-state index contributed by atoms with van der Waals surface area (Å²) in [5.74, 6) is -6.47. The van der Waals surface area contributed by atoms with Crippen molar-refractivity contribution < 1.29 is 51.0 Å². The number of aromatic nitrogens is 3. The number of hydrogen-bond acceptors (Lipinski definition) is 10. The van der Waals surface area contributed by atoms with Crippen LogP contribution in [0, 0.1) is 11.6 Å². The van der Waals surface area contributed by atoms with Crippen molar-refractivity contribution >= 4 is 52.8 Å². The second-order valence-electron chi connectivity index (χ2n) is 11.8. The van der Waals surface area contributed by atoms with E-state index >= 15 is 0 Å². The first-order chi connectivity index (χ1) is 25.1. The van der Waals surface area contributed by atoms with Crippen LogP contribution in [0.15, 0.2) is 66.7 Å². The largest absolute Gasteiger partial charge is 0.480 e. The van der Waals surface area contributed by atoms with Crippen LogP contribution in [-0.4, -0.2) is 62.5 Å². The molecule has 5 N–H and O–H groups in total. The molecule has 0 unspecified atom stereocenters. The minimum atomic E-state index is -4.66. The van der Waals surface area contributed by atoms with Crippen molar-refractivity contribution in [1.29, 1.82) is 0 Å². The molecule has 1 aliphatic rings. The number of nitrogens with zero attached hydrogens (tertiary/aromatic N) is 3. The van der Waals surface area contributed by atoms with Gasteiger partial charge in [0.15, 0.2) is 6.61 Å². The highest BCUT2D eigenvalue weighted by Crippen LogP contribution is 2.48. The van der Waals surface area contributed by atoms with E-state index in [2.05, 4.69) is 36.2 Å². The third kappa shape index (κ3) is 10.8. The monoisotopic (exact) mass is 761 g/mol. The van der Waals surface area contributed by atoms with Gasteiger partial charge in [-0.2, -0.15) is 28.1 Å². The molecule has 0 radical (unpaired) electrons. The van der Waals surface area contributed by atoms with E-state index in [4.69, 9.17) is 16.3 Å². The van der Waals surface area contributed by atoms with E-state index in [0.29, 0.717) is 23.9 Å². The summed E-state index contributed by atoms with van der Waals surface area (Å²) < 4.78 is 70.4. The molecule has 1 saturated carbocycles. The molecule has 5 rings (SSSR count). The Kier molecular flexibility index (Phi) is 11.7. The molecule has 19 heteroatoms. The first kappa shape index (κ1) is 38.3. The van der Waals surface area contributed by atoms with Crippen LogP contribution < -0.4 is 26.0 Å². The summed E-state index contributed by atoms with van der Waals surface area (Å²) in [6, 6.07) is 12.9. The second-order valence-corrected chi connectivity index (χ2v) is 12.3. The quantitative estimate of drug-likeness (QED) is 0.0724. The molecule has 278 valence electrons. The van der Waals surface area contributed by atoms with E-state index in [-0.39, 0.29) is 28.7 Å². The summed E-state index contributed by atoms with van der Waals surface area (Å²) in [6.45, 7) is -2.07. The molecule has 0 bridgehead atoms. The standard InChI is InChI=1S/C34H29ClF5N7O6/c35-21-6-4-20(5-7-21)33(13-14-33)47-31-44-30(45-32(46-31)53-17-34(38,39)40)42-23-9-2-18(3-10-23)27(49)43-25(29(51)52)11-12-26(48)28(50)41-16-19-1-8-22(36)15-24(19)37/h1-10,15,25H,11-14,16-17H2,(H,41,50)(H,43,49)(H,51,52)(H2,42,44,45,46,47)/t25-/m0/s1. The summed E-state index contributed by atoms with van der Waals surface area (Å²) in [6.07, 6.45) is -4.33. The minimum Gasteiger partial charge on any atom is -0.480 e. The third-order valence-electron chi connectivity index (χ3n) is 7.85. The lowest BCUT2D eigenvalue weighted by Gasteiger charge is -2.19. The number of rotatable bonds is 16. The van der Waals surface area contributed by atoms with E-state index < -0.39 is 85.0 Å². The Morgan fingerprint density at radius 2 is 1.60 bits per heavy atom. The lowest BCUT2D eigenvalue weighted by atomic mass is 10.1. The van der Waals surface area contributed by atoms with Crippen molar-refractivity contribution in [3.8, 4) is 6.01 Å². The van der Waals surface area contributed by atoms with Crippen LogP contribution in [0.2, 0.25) is 5.02 Å². The molecule has 0 saturated heterocycles. The number of hydrogen-bond donors (Lipinski definition) is 5. The van der Waals surface area contributed by atoms with Crippen molar-refractivity contribution in [2.24, 2.45) is 0 Å². The van der Waals surface area contributed by atoms with Crippen molar-refractivity contribution in [3.05, 3.63) is 100 Å². The molecular formula is C34H29ClF5N7O6. The van der Waals surface area contributed by atoms with Gasteiger partial charge in [0.2, 0.25) is 17.7 Å². The lowest BCUT2D eigenvalue weighted by Crippen LogP contribution is -2.41. The maximum atomic E-state index is 13.8. The number of nitrogens with one attached hydrogen (secondary N) is 4. The minimum absolute atomic E-state index is 0.00182.